The molecule has 0 aliphatic carbocycles. The van der Waals surface area contributed by atoms with Crippen molar-refractivity contribution in [3.8, 4) is 0 Å². The van der Waals surface area contributed by atoms with E-state index in [1.165, 1.54) is 0 Å². The summed E-state index contributed by atoms with van der Waals surface area (Å²) in [6.45, 7) is 5.89. The van der Waals surface area contributed by atoms with Crippen molar-refractivity contribution in [1.82, 2.24) is 14.5 Å². The number of nitrogens with zero attached hydrogens (tertiary/aromatic N) is 3. The molecule has 0 aliphatic heterocycles. The maximum atomic E-state index is 10.6. The van der Waals surface area contributed by atoms with Crippen molar-refractivity contribution < 1.29 is 9.90 Å². The molecule has 0 fully saturated rings. The molecule has 0 saturated carbocycles. The van der Waals surface area contributed by atoms with Crippen LogP contribution < -0.4 is 0 Å². The molecule has 1 aromatic rings. The topological polar surface area (TPSA) is 58.4 Å². The maximum Gasteiger partial charge on any atom is 0.317 e. The van der Waals surface area contributed by atoms with E-state index in [4.69, 9.17) is 5.11 Å². The summed E-state index contributed by atoms with van der Waals surface area (Å²) in [6, 6.07) is 0. The minimum atomic E-state index is -0.801. The van der Waals surface area contributed by atoms with Gasteiger partial charge in [-0.3, -0.25) is 9.69 Å². The van der Waals surface area contributed by atoms with Crippen molar-refractivity contribution in [2.45, 2.75) is 13.0 Å². The van der Waals surface area contributed by atoms with Crippen molar-refractivity contribution >= 4 is 5.97 Å². The number of hydrogen-bond donors (Lipinski definition) is 1. The largest absolute Gasteiger partial charge is 0.480 e. The number of imidazole rings is 1. The summed E-state index contributed by atoms with van der Waals surface area (Å²) in [6.07, 6.45) is 8.01. The van der Waals surface area contributed by atoms with Crippen LogP contribution in [0.4, 0.5) is 0 Å². The molecule has 1 aromatic heterocycles. The highest BCUT2D eigenvalue weighted by molar-refractivity contribution is 5.69. The molecule has 0 spiro atoms. The van der Waals surface area contributed by atoms with Gasteiger partial charge in [0.15, 0.2) is 0 Å². The number of rotatable bonds is 8. The summed E-state index contributed by atoms with van der Waals surface area (Å²) in [5.74, 6) is -0.801. The van der Waals surface area contributed by atoms with E-state index in [1.807, 2.05) is 15.7 Å². The first-order valence-electron chi connectivity index (χ1n) is 5.23. The molecule has 0 saturated heterocycles. The Morgan fingerprint density at radius 3 is 3.00 bits per heavy atom. The van der Waals surface area contributed by atoms with Gasteiger partial charge in [0, 0.05) is 32.0 Å². The van der Waals surface area contributed by atoms with Gasteiger partial charge in [0.05, 0.1) is 12.9 Å². The summed E-state index contributed by atoms with van der Waals surface area (Å²) < 4.78 is 1.98. The molecule has 0 radical (unpaired) electrons. The number of aromatic nitrogens is 2. The van der Waals surface area contributed by atoms with Crippen LogP contribution in [-0.2, 0) is 11.3 Å². The summed E-state index contributed by atoms with van der Waals surface area (Å²) >= 11 is 0. The van der Waals surface area contributed by atoms with Gasteiger partial charge in [0.25, 0.3) is 0 Å². The van der Waals surface area contributed by atoms with Gasteiger partial charge in [-0.15, -0.1) is 6.58 Å². The van der Waals surface area contributed by atoms with E-state index >= 15 is 0 Å². The second-order valence-corrected chi connectivity index (χ2v) is 3.57. The van der Waals surface area contributed by atoms with Crippen LogP contribution >= 0.6 is 0 Å². The van der Waals surface area contributed by atoms with Gasteiger partial charge in [-0.25, -0.2) is 4.98 Å². The van der Waals surface area contributed by atoms with Crippen LogP contribution in [0.3, 0.4) is 0 Å². The highest BCUT2D eigenvalue weighted by Crippen LogP contribution is 1.96. The molecular formula is C11H17N3O2. The first kappa shape index (κ1) is 12.4. The van der Waals surface area contributed by atoms with Gasteiger partial charge in [-0.2, -0.15) is 0 Å². The van der Waals surface area contributed by atoms with E-state index in [1.54, 1.807) is 18.6 Å². The fourth-order valence-electron chi connectivity index (χ4n) is 1.50. The van der Waals surface area contributed by atoms with Crippen LogP contribution in [0.15, 0.2) is 31.4 Å². The number of carbonyl (C=O) groups is 1. The van der Waals surface area contributed by atoms with Crippen LogP contribution in [0.25, 0.3) is 0 Å². The van der Waals surface area contributed by atoms with Gasteiger partial charge in [-0.05, 0) is 6.42 Å². The van der Waals surface area contributed by atoms with Crippen molar-refractivity contribution in [3.63, 3.8) is 0 Å². The average Bonchev–Trinajstić information content (AvgIpc) is 2.70. The Kier molecular flexibility index (Phi) is 5.28. The summed E-state index contributed by atoms with van der Waals surface area (Å²) in [7, 11) is 0. The fraction of sp³-hybridized carbons (Fsp3) is 0.455. The zero-order chi connectivity index (χ0) is 11.8. The number of aryl methyl sites for hydroxylation is 1. The molecule has 0 atom stereocenters. The minimum Gasteiger partial charge on any atom is -0.480 e. The summed E-state index contributed by atoms with van der Waals surface area (Å²) in [5, 5.41) is 8.70. The normalized spacial score (nSPS) is 10.6. The molecule has 5 heteroatoms. The number of carboxylic acid groups (broad SMARTS) is 1. The lowest BCUT2D eigenvalue weighted by atomic mass is 10.3. The van der Waals surface area contributed by atoms with Crippen molar-refractivity contribution in [2.75, 3.05) is 19.6 Å². The van der Waals surface area contributed by atoms with Crippen LogP contribution in [0, 0.1) is 0 Å². The molecule has 1 rings (SSSR count). The summed E-state index contributed by atoms with van der Waals surface area (Å²) in [4.78, 5) is 16.4. The maximum absolute atomic E-state index is 10.6. The van der Waals surface area contributed by atoms with Crippen molar-refractivity contribution in [1.29, 1.82) is 0 Å². The van der Waals surface area contributed by atoms with Crippen molar-refractivity contribution in [3.05, 3.63) is 31.4 Å². The molecule has 0 bridgehead atoms. The second kappa shape index (κ2) is 6.79. The van der Waals surface area contributed by atoms with E-state index in [0.29, 0.717) is 6.54 Å². The predicted octanol–water partition coefficient (Wildman–Crippen LogP) is 0.846. The predicted molar refractivity (Wildman–Crippen MR) is 61.1 cm³/mol. The number of hydrogen-bond acceptors (Lipinski definition) is 3. The van der Waals surface area contributed by atoms with Gasteiger partial charge in [0.2, 0.25) is 0 Å². The highest BCUT2D eigenvalue weighted by atomic mass is 16.4. The Balaban J connectivity index is 2.26. The zero-order valence-corrected chi connectivity index (χ0v) is 9.25. The molecule has 0 unspecified atom stereocenters. The van der Waals surface area contributed by atoms with Gasteiger partial charge >= 0.3 is 5.97 Å². The monoisotopic (exact) mass is 223 g/mol. The Bertz CT molecular complexity index is 322. The van der Waals surface area contributed by atoms with Gasteiger partial charge in [-0.1, -0.05) is 6.08 Å². The molecule has 0 amide bonds. The smallest absolute Gasteiger partial charge is 0.317 e. The Labute approximate surface area is 95.0 Å². The molecule has 1 N–H and O–H groups in total. The van der Waals surface area contributed by atoms with E-state index in [2.05, 4.69) is 11.6 Å². The highest BCUT2D eigenvalue weighted by Gasteiger charge is 2.07. The Morgan fingerprint density at radius 1 is 1.62 bits per heavy atom. The zero-order valence-electron chi connectivity index (χ0n) is 9.25. The molecule has 88 valence electrons. The van der Waals surface area contributed by atoms with Crippen molar-refractivity contribution in [2.24, 2.45) is 0 Å². The van der Waals surface area contributed by atoms with Crippen LogP contribution in [0.1, 0.15) is 6.42 Å². The third-order valence-corrected chi connectivity index (χ3v) is 2.20. The third-order valence-electron chi connectivity index (χ3n) is 2.20. The van der Waals surface area contributed by atoms with E-state index in [0.717, 1.165) is 19.5 Å². The summed E-state index contributed by atoms with van der Waals surface area (Å²) in [5.41, 5.74) is 0. The number of aliphatic carboxylic acids is 1. The standard InChI is InChI=1S/C11H17N3O2/c1-2-5-13(9-11(15)16)6-3-7-14-8-4-12-10-14/h2,4,8,10H,1,3,5-7,9H2,(H,15,16). The van der Waals surface area contributed by atoms with Gasteiger partial charge < -0.3 is 9.67 Å². The van der Waals surface area contributed by atoms with Crippen LogP contribution in [0.2, 0.25) is 0 Å². The minimum absolute atomic E-state index is 0.0654. The average molecular weight is 223 g/mol. The first-order valence-corrected chi connectivity index (χ1v) is 5.23. The van der Waals surface area contributed by atoms with Crippen LogP contribution in [0.5, 0.6) is 0 Å². The van der Waals surface area contributed by atoms with Gasteiger partial charge in [0.1, 0.15) is 0 Å². The SMILES string of the molecule is C=CCN(CCCn1ccnc1)CC(=O)O. The van der Waals surface area contributed by atoms with E-state index in [-0.39, 0.29) is 6.54 Å². The van der Waals surface area contributed by atoms with Crippen LogP contribution in [-0.4, -0.2) is 45.2 Å². The third kappa shape index (κ3) is 4.75. The molecule has 1 heterocycles. The fourth-order valence-corrected chi connectivity index (χ4v) is 1.50. The quantitative estimate of drug-likeness (QED) is 0.664. The molecule has 0 aromatic carbocycles. The Hall–Kier alpha value is -1.62. The van der Waals surface area contributed by atoms with E-state index < -0.39 is 5.97 Å². The molecule has 0 aliphatic rings. The molecule has 16 heavy (non-hydrogen) atoms. The lowest BCUT2D eigenvalue weighted by molar-refractivity contribution is -0.138. The Morgan fingerprint density at radius 2 is 2.44 bits per heavy atom. The second-order valence-electron chi connectivity index (χ2n) is 3.57. The molecule has 5 nitrogen and oxygen atoms in total. The van der Waals surface area contributed by atoms with E-state index in [9.17, 15) is 4.79 Å². The first-order chi connectivity index (χ1) is 7.72. The number of carboxylic acids is 1. The lowest BCUT2D eigenvalue weighted by Gasteiger charge is -2.17. The molecular weight excluding hydrogens is 206 g/mol. The lowest BCUT2D eigenvalue weighted by Crippen LogP contribution is -2.31.